The molecule has 0 radical (unpaired) electrons. The van der Waals surface area contributed by atoms with Crippen LogP contribution in [0.1, 0.15) is 16.2 Å². The van der Waals surface area contributed by atoms with Gasteiger partial charge >= 0.3 is 0 Å². The third-order valence-corrected chi connectivity index (χ3v) is 3.44. The van der Waals surface area contributed by atoms with Crippen LogP contribution in [0.4, 0.5) is 0 Å². The van der Waals surface area contributed by atoms with E-state index in [4.69, 9.17) is 4.42 Å². The lowest BCUT2D eigenvalue weighted by Crippen LogP contribution is -2.37. The zero-order valence-corrected chi connectivity index (χ0v) is 13.0. The number of para-hydroxylation sites is 2. The number of oxazole rings is 1. The average molecular weight is 323 g/mol. The van der Waals surface area contributed by atoms with Crippen LogP contribution in [-0.4, -0.2) is 29.9 Å². The fourth-order valence-corrected chi connectivity index (χ4v) is 2.25. The zero-order chi connectivity index (χ0) is 16.8. The maximum atomic E-state index is 11.8. The molecule has 1 aromatic heterocycles. The Morgan fingerprint density at radius 2 is 1.71 bits per heavy atom. The van der Waals surface area contributed by atoms with Gasteiger partial charge in [0.25, 0.3) is 5.91 Å². The molecular formula is C18H17N3O3. The van der Waals surface area contributed by atoms with Gasteiger partial charge in [-0.1, -0.05) is 30.3 Å². The molecule has 0 saturated carbocycles. The second kappa shape index (κ2) is 7.41. The van der Waals surface area contributed by atoms with Crippen LogP contribution in [0.15, 0.2) is 59.0 Å². The van der Waals surface area contributed by atoms with Crippen molar-refractivity contribution in [2.24, 2.45) is 0 Å². The summed E-state index contributed by atoms with van der Waals surface area (Å²) in [7, 11) is 0. The fourth-order valence-electron chi connectivity index (χ4n) is 2.25. The van der Waals surface area contributed by atoms with Crippen molar-refractivity contribution in [3.05, 3.63) is 66.1 Å². The number of rotatable bonds is 6. The van der Waals surface area contributed by atoms with Crippen LogP contribution in [0.2, 0.25) is 0 Å². The van der Waals surface area contributed by atoms with Crippen molar-refractivity contribution in [2.45, 2.75) is 6.42 Å². The minimum Gasteiger partial charge on any atom is -0.441 e. The summed E-state index contributed by atoms with van der Waals surface area (Å²) < 4.78 is 5.57. The Kier molecular flexibility index (Phi) is 4.86. The Balaban J connectivity index is 1.42. The second-order valence-electron chi connectivity index (χ2n) is 5.22. The monoisotopic (exact) mass is 323 g/mol. The van der Waals surface area contributed by atoms with Gasteiger partial charge in [-0.15, -0.1) is 0 Å². The van der Waals surface area contributed by atoms with Crippen molar-refractivity contribution in [3.8, 4) is 0 Å². The summed E-state index contributed by atoms with van der Waals surface area (Å²) in [6.45, 7) is 0.328. The molecule has 0 atom stereocenters. The van der Waals surface area contributed by atoms with Crippen molar-refractivity contribution in [1.29, 1.82) is 0 Å². The van der Waals surface area contributed by atoms with Crippen LogP contribution in [0.5, 0.6) is 0 Å². The summed E-state index contributed by atoms with van der Waals surface area (Å²) >= 11 is 0. The number of hydrogen-bond acceptors (Lipinski definition) is 4. The van der Waals surface area contributed by atoms with Crippen LogP contribution in [-0.2, 0) is 11.2 Å². The summed E-state index contributed by atoms with van der Waals surface area (Å²) in [6.07, 6.45) is 0.493. The molecule has 2 N–H and O–H groups in total. The largest absolute Gasteiger partial charge is 0.441 e. The number of aromatic nitrogens is 1. The van der Waals surface area contributed by atoms with E-state index in [0.717, 1.165) is 11.1 Å². The van der Waals surface area contributed by atoms with E-state index in [-0.39, 0.29) is 18.4 Å². The fraction of sp³-hybridized carbons (Fsp3) is 0.167. The number of fused-ring (bicyclic) bond motifs is 1. The molecule has 0 spiro atoms. The van der Waals surface area contributed by atoms with Gasteiger partial charge < -0.3 is 15.1 Å². The summed E-state index contributed by atoms with van der Waals surface area (Å²) in [5.74, 6) is 0.0462. The first-order chi connectivity index (χ1) is 11.7. The van der Waals surface area contributed by atoms with E-state index in [1.54, 1.807) is 24.3 Å². The van der Waals surface area contributed by atoms with Crippen molar-refractivity contribution >= 4 is 22.9 Å². The first kappa shape index (κ1) is 15.7. The Hall–Kier alpha value is -3.15. The van der Waals surface area contributed by atoms with E-state index < -0.39 is 0 Å². The van der Waals surface area contributed by atoms with Crippen molar-refractivity contribution in [1.82, 2.24) is 15.6 Å². The molecule has 3 aromatic rings. The van der Waals surface area contributed by atoms with Crippen molar-refractivity contribution in [3.63, 3.8) is 0 Å². The molecule has 0 saturated heterocycles. The van der Waals surface area contributed by atoms with Crippen molar-refractivity contribution < 1.29 is 14.0 Å². The van der Waals surface area contributed by atoms with Gasteiger partial charge in [0.2, 0.25) is 5.91 Å². The van der Waals surface area contributed by atoms with E-state index in [1.807, 2.05) is 30.3 Å². The molecule has 6 nitrogen and oxygen atoms in total. The highest BCUT2D eigenvalue weighted by Gasteiger charge is 2.08. The highest BCUT2D eigenvalue weighted by Crippen LogP contribution is 2.14. The molecule has 0 aliphatic rings. The molecule has 6 heteroatoms. The topological polar surface area (TPSA) is 84.2 Å². The molecule has 0 unspecified atom stereocenters. The highest BCUT2D eigenvalue weighted by atomic mass is 16.3. The number of amides is 2. The highest BCUT2D eigenvalue weighted by molar-refractivity contribution is 5.96. The van der Waals surface area contributed by atoms with Crippen molar-refractivity contribution in [2.75, 3.05) is 13.1 Å². The number of nitrogens with one attached hydrogen (secondary N) is 2. The number of hydrogen-bond donors (Lipinski definition) is 2. The zero-order valence-electron chi connectivity index (χ0n) is 13.0. The van der Waals surface area contributed by atoms with Gasteiger partial charge in [0.15, 0.2) is 11.5 Å². The predicted octanol–water partition coefficient (Wildman–Crippen LogP) is 1.92. The molecule has 0 fully saturated rings. The Labute approximate surface area is 138 Å². The SMILES string of the molecule is O=C(CNC(=O)c1ccccc1)NCCc1nc2ccccc2o1. The van der Waals surface area contributed by atoms with Crippen LogP contribution >= 0.6 is 0 Å². The van der Waals surface area contributed by atoms with Crippen LogP contribution < -0.4 is 10.6 Å². The number of benzene rings is 2. The predicted molar refractivity (Wildman–Crippen MR) is 89.5 cm³/mol. The van der Waals surface area contributed by atoms with Gasteiger partial charge in [-0.25, -0.2) is 4.98 Å². The molecule has 2 aromatic carbocycles. The number of carbonyl (C=O) groups excluding carboxylic acids is 2. The third kappa shape index (κ3) is 3.98. The summed E-state index contributed by atoms with van der Waals surface area (Å²) in [4.78, 5) is 27.9. The molecule has 24 heavy (non-hydrogen) atoms. The Morgan fingerprint density at radius 1 is 0.958 bits per heavy atom. The maximum Gasteiger partial charge on any atom is 0.251 e. The van der Waals surface area contributed by atoms with Crippen LogP contribution in [0.3, 0.4) is 0 Å². The Bertz CT molecular complexity index is 810. The van der Waals surface area contributed by atoms with E-state index in [1.165, 1.54) is 0 Å². The summed E-state index contributed by atoms with van der Waals surface area (Å²) in [5.41, 5.74) is 2.06. The van der Waals surface area contributed by atoms with Crippen LogP contribution in [0, 0.1) is 0 Å². The average Bonchev–Trinajstić information content (AvgIpc) is 3.03. The lowest BCUT2D eigenvalue weighted by Gasteiger charge is -2.06. The van der Waals surface area contributed by atoms with Gasteiger partial charge in [0, 0.05) is 18.5 Å². The molecular weight excluding hydrogens is 306 g/mol. The third-order valence-electron chi connectivity index (χ3n) is 3.44. The van der Waals surface area contributed by atoms with E-state index in [2.05, 4.69) is 15.6 Å². The molecule has 2 amide bonds. The summed E-state index contributed by atoms with van der Waals surface area (Å²) in [6, 6.07) is 16.3. The van der Waals surface area contributed by atoms with Gasteiger partial charge in [0.05, 0.1) is 6.54 Å². The molecule has 0 aliphatic carbocycles. The Morgan fingerprint density at radius 3 is 2.50 bits per heavy atom. The molecule has 3 rings (SSSR count). The summed E-state index contributed by atoms with van der Waals surface area (Å²) in [5, 5.41) is 5.31. The lowest BCUT2D eigenvalue weighted by molar-refractivity contribution is -0.120. The lowest BCUT2D eigenvalue weighted by atomic mass is 10.2. The quantitative estimate of drug-likeness (QED) is 0.726. The molecule has 0 aliphatic heterocycles. The first-order valence-corrected chi connectivity index (χ1v) is 7.67. The maximum absolute atomic E-state index is 11.8. The second-order valence-corrected chi connectivity index (χ2v) is 5.22. The van der Waals surface area contributed by atoms with E-state index in [9.17, 15) is 9.59 Å². The normalized spacial score (nSPS) is 10.5. The standard InChI is InChI=1S/C18H17N3O3/c22-16(12-20-18(23)13-6-2-1-3-7-13)19-11-10-17-21-14-8-4-5-9-15(14)24-17/h1-9H,10-12H2,(H,19,22)(H,20,23). The van der Waals surface area contributed by atoms with Crippen LogP contribution in [0.25, 0.3) is 11.1 Å². The van der Waals surface area contributed by atoms with Gasteiger partial charge in [0.1, 0.15) is 5.52 Å². The number of carbonyl (C=O) groups is 2. The minimum atomic E-state index is -0.273. The molecule has 1 heterocycles. The van der Waals surface area contributed by atoms with Gasteiger partial charge in [-0.05, 0) is 24.3 Å². The minimum absolute atomic E-state index is 0.0682. The molecule has 0 bridgehead atoms. The van der Waals surface area contributed by atoms with E-state index in [0.29, 0.717) is 24.4 Å². The van der Waals surface area contributed by atoms with E-state index >= 15 is 0 Å². The van der Waals surface area contributed by atoms with Gasteiger partial charge in [-0.2, -0.15) is 0 Å². The first-order valence-electron chi connectivity index (χ1n) is 7.67. The number of nitrogens with zero attached hydrogens (tertiary/aromatic N) is 1. The molecule has 122 valence electrons. The van der Waals surface area contributed by atoms with Gasteiger partial charge in [-0.3, -0.25) is 9.59 Å². The smallest absolute Gasteiger partial charge is 0.251 e.